The highest BCUT2D eigenvalue weighted by molar-refractivity contribution is 5.85. The normalized spacial score (nSPS) is 13.5. The maximum absolute atomic E-state index is 12.1. The number of ether oxygens (including phenoxy) is 1. The molecule has 0 saturated carbocycles. The summed E-state index contributed by atoms with van der Waals surface area (Å²) >= 11 is 0. The number of urea groups is 1. The molecular weight excluding hydrogens is 264 g/mol. The van der Waals surface area contributed by atoms with Crippen LogP contribution in [0.2, 0.25) is 0 Å². The Morgan fingerprint density at radius 1 is 1.25 bits per heavy atom. The zero-order valence-electron chi connectivity index (χ0n) is 12.7. The summed E-state index contributed by atoms with van der Waals surface area (Å²) in [4.78, 5) is 35.8. The van der Waals surface area contributed by atoms with Crippen LogP contribution in [0.5, 0.6) is 0 Å². The van der Waals surface area contributed by atoms with Gasteiger partial charge in [0.25, 0.3) is 0 Å². The fourth-order valence-corrected chi connectivity index (χ4v) is 1.59. The summed E-state index contributed by atoms with van der Waals surface area (Å²) in [5, 5.41) is 11.6. The molecule has 0 aliphatic carbocycles. The summed E-state index contributed by atoms with van der Waals surface area (Å²) in [5.74, 6) is -1.85. The van der Waals surface area contributed by atoms with Crippen molar-refractivity contribution in [1.29, 1.82) is 0 Å². The third-order valence-electron chi connectivity index (χ3n) is 3.17. The maximum atomic E-state index is 12.1. The molecule has 2 unspecified atom stereocenters. The molecule has 2 atom stereocenters. The lowest BCUT2D eigenvalue weighted by Gasteiger charge is -2.29. The van der Waals surface area contributed by atoms with Crippen molar-refractivity contribution in [3.8, 4) is 0 Å². The van der Waals surface area contributed by atoms with Crippen molar-refractivity contribution in [1.82, 2.24) is 10.2 Å². The minimum Gasteiger partial charge on any atom is -0.480 e. The van der Waals surface area contributed by atoms with Gasteiger partial charge in [-0.05, 0) is 19.8 Å². The van der Waals surface area contributed by atoms with Gasteiger partial charge in [0.15, 0.2) is 0 Å². The number of nitrogens with zero attached hydrogens (tertiary/aromatic N) is 1. The van der Waals surface area contributed by atoms with Crippen molar-refractivity contribution in [2.24, 2.45) is 5.92 Å². The van der Waals surface area contributed by atoms with Gasteiger partial charge in [-0.15, -0.1) is 0 Å². The van der Waals surface area contributed by atoms with Crippen molar-refractivity contribution < 1.29 is 24.2 Å². The van der Waals surface area contributed by atoms with Crippen LogP contribution in [0.25, 0.3) is 0 Å². The minimum atomic E-state index is -1.09. The van der Waals surface area contributed by atoms with Gasteiger partial charge in [0.1, 0.15) is 12.6 Å². The van der Waals surface area contributed by atoms with Crippen molar-refractivity contribution in [3.63, 3.8) is 0 Å². The number of hydrogen-bond donors (Lipinski definition) is 2. The van der Waals surface area contributed by atoms with E-state index in [4.69, 9.17) is 5.11 Å². The van der Waals surface area contributed by atoms with Crippen LogP contribution in [0.15, 0.2) is 0 Å². The van der Waals surface area contributed by atoms with Gasteiger partial charge in [-0.3, -0.25) is 4.79 Å². The molecular formula is C13H24N2O5. The molecule has 2 amide bonds. The molecule has 0 aromatic rings. The van der Waals surface area contributed by atoms with Crippen LogP contribution in [0.4, 0.5) is 4.79 Å². The molecule has 0 heterocycles. The lowest BCUT2D eigenvalue weighted by atomic mass is 9.99. The second kappa shape index (κ2) is 8.39. The number of methoxy groups -OCH3 is 1. The highest BCUT2D eigenvalue weighted by atomic mass is 16.5. The van der Waals surface area contributed by atoms with Crippen LogP contribution in [0.3, 0.4) is 0 Å². The number of carbonyl (C=O) groups is 3. The number of carboxylic acid groups (broad SMARTS) is 1. The maximum Gasteiger partial charge on any atom is 0.326 e. The van der Waals surface area contributed by atoms with Gasteiger partial charge in [0.2, 0.25) is 0 Å². The van der Waals surface area contributed by atoms with Crippen LogP contribution < -0.4 is 5.32 Å². The average molecular weight is 288 g/mol. The molecule has 7 nitrogen and oxygen atoms in total. The first-order valence-electron chi connectivity index (χ1n) is 6.61. The lowest BCUT2D eigenvalue weighted by molar-refractivity contribution is -0.141. The molecule has 0 bridgehead atoms. The molecule has 0 aliphatic rings. The largest absolute Gasteiger partial charge is 0.480 e. The first-order valence-corrected chi connectivity index (χ1v) is 6.61. The van der Waals surface area contributed by atoms with E-state index in [1.807, 2.05) is 6.92 Å². The molecule has 0 saturated heterocycles. The van der Waals surface area contributed by atoms with E-state index in [0.717, 1.165) is 0 Å². The van der Waals surface area contributed by atoms with Gasteiger partial charge < -0.3 is 20.1 Å². The average Bonchev–Trinajstić information content (AvgIpc) is 2.39. The van der Waals surface area contributed by atoms with E-state index >= 15 is 0 Å². The Kier molecular flexibility index (Phi) is 7.64. The molecule has 116 valence electrons. The SMILES string of the molecule is CCC(C)C(NC(=O)N(CC(=O)OC)C(C)C)C(=O)O. The molecule has 0 radical (unpaired) electrons. The number of carbonyl (C=O) groups excluding carboxylic acids is 2. The van der Waals surface area contributed by atoms with Crippen LogP contribution >= 0.6 is 0 Å². The smallest absolute Gasteiger partial charge is 0.326 e. The van der Waals surface area contributed by atoms with Crippen LogP contribution in [-0.4, -0.2) is 53.7 Å². The van der Waals surface area contributed by atoms with E-state index in [-0.39, 0.29) is 18.5 Å². The molecule has 7 heteroatoms. The van der Waals surface area contributed by atoms with Crippen molar-refractivity contribution >= 4 is 18.0 Å². The minimum absolute atomic E-state index is 0.205. The number of nitrogens with one attached hydrogen (secondary N) is 1. The molecule has 0 aromatic carbocycles. The van der Waals surface area contributed by atoms with E-state index in [1.54, 1.807) is 20.8 Å². The fourth-order valence-electron chi connectivity index (χ4n) is 1.59. The standard InChI is InChI=1S/C13H24N2O5/c1-6-9(4)11(12(17)18)14-13(19)15(8(2)3)7-10(16)20-5/h8-9,11H,6-7H2,1-5H3,(H,14,19)(H,17,18). The second-order valence-corrected chi connectivity index (χ2v) is 4.95. The Morgan fingerprint density at radius 2 is 1.80 bits per heavy atom. The lowest BCUT2D eigenvalue weighted by Crippen LogP contribution is -2.53. The Balaban J connectivity index is 4.89. The van der Waals surface area contributed by atoms with E-state index in [1.165, 1.54) is 12.0 Å². The predicted molar refractivity (Wildman–Crippen MR) is 73.3 cm³/mol. The van der Waals surface area contributed by atoms with E-state index in [0.29, 0.717) is 6.42 Å². The van der Waals surface area contributed by atoms with Crippen LogP contribution in [-0.2, 0) is 14.3 Å². The third kappa shape index (κ3) is 5.46. The van der Waals surface area contributed by atoms with E-state index in [2.05, 4.69) is 10.1 Å². The molecule has 0 fully saturated rings. The Morgan fingerprint density at radius 3 is 2.15 bits per heavy atom. The molecule has 0 rings (SSSR count). The second-order valence-electron chi connectivity index (χ2n) is 4.95. The molecule has 0 aliphatic heterocycles. The predicted octanol–water partition coefficient (Wildman–Crippen LogP) is 1.08. The number of aliphatic carboxylic acids is 1. The first-order chi connectivity index (χ1) is 9.24. The molecule has 0 aromatic heterocycles. The highest BCUT2D eigenvalue weighted by Crippen LogP contribution is 2.09. The zero-order chi connectivity index (χ0) is 15.9. The number of esters is 1. The van der Waals surface area contributed by atoms with Crippen molar-refractivity contribution in [3.05, 3.63) is 0 Å². The summed E-state index contributed by atoms with van der Waals surface area (Å²) in [7, 11) is 1.23. The number of hydrogen-bond acceptors (Lipinski definition) is 4. The fraction of sp³-hybridized carbons (Fsp3) is 0.769. The Hall–Kier alpha value is -1.79. The summed E-state index contributed by atoms with van der Waals surface area (Å²) < 4.78 is 4.53. The van der Waals surface area contributed by atoms with E-state index < -0.39 is 24.0 Å². The summed E-state index contributed by atoms with van der Waals surface area (Å²) in [5.41, 5.74) is 0. The van der Waals surface area contributed by atoms with Gasteiger partial charge in [0, 0.05) is 6.04 Å². The van der Waals surface area contributed by atoms with Crippen LogP contribution in [0, 0.1) is 5.92 Å². The monoisotopic (exact) mass is 288 g/mol. The summed E-state index contributed by atoms with van der Waals surface area (Å²) in [6.07, 6.45) is 0.621. The molecule has 2 N–H and O–H groups in total. The highest BCUT2D eigenvalue weighted by Gasteiger charge is 2.29. The quantitative estimate of drug-likeness (QED) is 0.683. The third-order valence-corrected chi connectivity index (χ3v) is 3.17. The summed E-state index contributed by atoms with van der Waals surface area (Å²) in [6.45, 7) is 6.86. The van der Waals surface area contributed by atoms with E-state index in [9.17, 15) is 14.4 Å². The van der Waals surface area contributed by atoms with Crippen molar-refractivity contribution in [2.75, 3.05) is 13.7 Å². The first kappa shape index (κ1) is 18.2. The molecule has 0 spiro atoms. The Bertz CT molecular complexity index is 357. The molecule has 20 heavy (non-hydrogen) atoms. The van der Waals surface area contributed by atoms with Gasteiger partial charge >= 0.3 is 18.0 Å². The van der Waals surface area contributed by atoms with Gasteiger partial charge in [-0.1, -0.05) is 20.3 Å². The van der Waals surface area contributed by atoms with Gasteiger partial charge in [-0.2, -0.15) is 0 Å². The van der Waals surface area contributed by atoms with Crippen molar-refractivity contribution in [2.45, 2.75) is 46.2 Å². The topological polar surface area (TPSA) is 95.9 Å². The van der Waals surface area contributed by atoms with Gasteiger partial charge in [0.05, 0.1) is 7.11 Å². The number of amides is 2. The summed E-state index contributed by atoms with van der Waals surface area (Å²) in [6, 6.07) is -1.81. The number of carboxylic acids is 1. The van der Waals surface area contributed by atoms with Crippen LogP contribution in [0.1, 0.15) is 34.1 Å². The Labute approximate surface area is 119 Å². The van der Waals surface area contributed by atoms with Gasteiger partial charge in [-0.25, -0.2) is 9.59 Å². The zero-order valence-corrected chi connectivity index (χ0v) is 12.7. The number of rotatable bonds is 7.